The Hall–Kier alpha value is -4.18. The second-order valence-electron chi connectivity index (χ2n) is 9.39. The van der Waals surface area contributed by atoms with Crippen LogP contribution in [0.25, 0.3) is 22.6 Å². The van der Waals surface area contributed by atoms with Gasteiger partial charge in [0.1, 0.15) is 17.8 Å². The van der Waals surface area contributed by atoms with Crippen LogP contribution in [0.3, 0.4) is 0 Å². The first-order chi connectivity index (χ1) is 18.4. The van der Waals surface area contributed by atoms with Gasteiger partial charge in [0.05, 0.1) is 24.1 Å². The van der Waals surface area contributed by atoms with Gasteiger partial charge in [0.2, 0.25) is 0 Å². The summed E-state index contributed by atoms with van der Waals surface area (Å²) in [4.78, 5) is 19.2. The molecule has 0 atom stereocenters. The number of benzene rings is 1. The zero-order valence-electron chi connectivity index (χ0n) is 21.2. The molecule has 0 spiro atoms. The molecule has 0 amide bonds. The highest BCUT2D eigenvalue weighted by atomic mass is 19.3. The number of nitrogens with zero attached hydrogens (tertiary/aromatic N) is 6. The predicted molar refractivity (Wildman–Crippen MR) is 146 cm³/mol. The SMILES string of the molecule is CN=CC(=CN)c1ccc(CNc2cc(-c3cnc4cc(CCN5CCC(F)(F)C5)ccn34)ncn2)cc1. The van der Waals surface area contributed by atoms with Gasteiger partial charge in [-0.3, -0.25) is 14.3 Å². The maximum Gasteiger partial charge on any atom is 0.261 e. The largest absolute Gasteiger partial charge is 0.404 e. The Morgan fingerprint density at radius 2 is 1.97 bits per heavy atom. The Kier molecular flexibility index (Phi) is 7.41. The zero-order valence-corrected chi connectivity index (χ0v) is 21.2. The van der Waals surface area contributed by atoms with Crippen molar-refractivity contribution in [3.63, 3.8) is 0 Å². The molecule has 0 bridgehead atoms. The van der Waals surface area contributed by atoms with Crippen LogP contribution in [-0.4, -0.2) is 63.1 Å². The van der Waals surface area contributed by atoms with Gasteiger partial charge < -0.3 is 11.1 Å². The summed E-state index contributed by atoms with van der Waals surface area (Å²) < 4.78 is 28.9. The number of pyridine rings is 1. The van der Waals surface area contributed by atoms with Crippen molar-refractivity contribution >= 4 is 23.3 Å². The first kappa shape index (κ1) is 25.5. The number of rotatable bonds is 9. The van der Waals surface area contributed by atoms with Gasteiger partial charge in [-0.15, -0.1) is 0 Å². The lowest BCUT2D eigenvalue weighted by atomic mass is 10.1. The number of aromatic nitrogens is 4. The van der Waals surface area contributed by atoms with Crippen LogP contribution in [0.15, 0.2) is 72.4 Å². The molecule has 5 rings (SSSR count). The van der Waals surface area contributed by atoms with Crippen LogP contribution in [0.2, 0.25) is 0 Å². The van der Waals surface area contributed by atoms with Crippen LogP contribution in [0, 0.1) is 0 Å². The summed E-state index contributed by atoms with van der Waals surface area (Å²) in [6.45, 7) is 1.50. The lowest BCUT2D eigenvalue weighted by molar-refractivity contribution is 0.0123. The standard InChI is InChI=1S/C28H30F2N8/c1-32-16-23(14-31)22-4-2-21(3-5-22)15-33-26-13-24(35-19-36-26)25-17-34-27-12-20(7-10-38(25)27)6-9-37-11-8-28(29,30)18-37/h2-5,7,10,12-14,16-17,19H,6,8-9,11,15,18,31H2,1H3,(H,33,35,36). The van der Waals surface area contributed by atoms with Crippen molar-refractivity contribution in [3.05, 3.63) is 84.1 Å². The normalized spacial score (nSPS) is 16.0. The van der Waals surface area contributed by atoms with Crippen LogP contribution >= 0.6 is 0 Å². The van der Waals surface area contributed by atoms with Crippen molar-refractivity contribution in [2.75, 3.05) is 32.0 Å². The topological polar surface area (TPSA) is 96.7 Å². The number of imidazole rings is 1. The van der Waals surface area contributed by atoms with Gasteiger partial charge in [-0.25, -0.2) is 23.7 Å². The molecule has 1 saturated heterocycles. The molecule has 0 aliphatic carbocycles. The molecule has 0 unspecified atom stereocenters. The van der Waals surface area contributed by atoms with Gasteiger partial charge in [-0.2, -0.15) is 0 Å². The molecule has 4 heterocycles. The quantitative estimate of drug-likeness (QED) is 0.322. The number of allylic oxidation sites excluding steroid dienone is 1. The van der Waals surface area contributed by atoms with E-state index in [1.165, 1.54) is 6.33 Å². The zero-order chi connectivity index (χ0) is 26.5. The smallest absolute Gasteiger partial charge is 0.261 e. The van der Waals surface area contributed by atoms with E-state index in [0.717, 1.165) is 39.3 Å². The maximum atomic E-state index is 13.5. The highest BCUT2D eigenvalue weighted by Gasteiger charge is 2.37. The van der Waals surface area contributed by atoms with E-state index < -0.39 is 5.92 Å². The van der Waals surface area contributed by atoms with E-state index in [9.17, 15) is 8.78 Å². The monoisotopic (exact) mass is 516 g/mol. The summed E-state index contributed by atoms with van der Waals surface area (Å²) in [6, 6.07) is 14.0. The van der Waals surface area contributed by atoms with Crippen molar-refractivity contribution in [1.29, 1.82) is 0 Å². The number of nitrogens with two attached hydrogens (primary N) is 1. The number of alkyl halides is 2. The molecular formula is C28H30F2N8. The van der Waals surface area contributed by atoms with Crippen LogP contribution in [0.4, 0.5) is 14.6 Å². The fourth-order valence-corrected chi connectivity index (χ4v) is 4.61. The average molecular weight is 517 g/mol. The summed E-state index contributed by atoms with van der Waals surface area (Å²) in [6.07, 6.45) is 9.19. The second-order valence-corrected chi connectivity index (χ2v) is 9.39. The van der Waals surface area contributed by atoms with Crippen LogP contribution in [-0.2, 0) is 13.0 Å². The minimum absolute atomic E-state index is 0.0558. The molecule has 8 nitrogen and oxygen atoms in total. The Bertz CT molecular complexity index is 1460. The van der Waals surface area contributed by atoms with Crippen molar-refractivity contribution in [1.82, 2.24) is 24.3 Å². The fourth-order valence-electron chi connectivity index (χ4n) is 4.61. The molecule has 38 heavy (non-hydrogen) atoms. The first-order valence-electron chi connectivity index (χ1n) is 12.5. The first-order valence-corrected chi connectivity index (χ1v) is 12.5. The summed E-state index contributed by atoms with van der Waals surface area (Å²) in [7, 11) is 1.71. The Morgan fingerprint density at radius 1 is 1.13 bits per heavy atom. The molecule has 1 aliphatic rings. The lowest BCUT2D eigenvalue weighted by Gasteiger charge is -2.15. The highest BCUT2D eigenvalue weighted by Crippen LogP contribution is 2.27. The third-order valence-corrected chi connectivity index (χ3v) is 6.68. The number of hydrogen-bond acceptors (Lipinski definition) is 7. The average Bonchev–Trinajstić information content (AvgIpc) is 3.52. The molecule has 0 radical (unpaired) electrons. The lowest BCUT2D eigenvalue weighted by Crippen LogP contribution is -2.27. The van der Waals surface area contributed by atoms with Gasteiger partial charge in [0, 0.05) is 63.4 Å². The molecular weight excluding hydrogens is 486 g/mol. The van der Waals surface area contributed by atoms with E-state index in [2.05, 4.69) is 25.3 Å². The number of fused-ring (bicyclic) bond motifs is 1. The number of halogens is 2. The Balaban J connectivity index is 1.24. The van der Waals surface area contributed by atoms with Crippen molar-refractivity contribution in [3.8, 4) is 11.4 Å². The summed E-state index contributed by atoms with van der Waals surface area (Å²) in [5.74, 6) is -1.86. The van der Waals surface area contributed by atoms with Crippen LogP contribution in [0.1, 0.15) is 23.1 Å². The second kappa shape index (κ2) is 11.1. The van der Waals surface area contributed by atoms with Gasteiger partial charge in [0.25, 0.3) is 5.92 Å². The predicted octanol–water partition coefficient (Wildman–Crippen LogP) is 4.29. The highest BCUT2D eigenvalue weighted by molar-refractivity contribution is 6.09. The minimum Gasteiger partial charge on any atom is -0.404 e. The van der Waals surface area contributed by atoms with Gasteiger partial charge in [0.15, 0.2) is 0 Å². The van der Waals surface area contributed by atoms with Crippen molar-refractivity contribution < 1.29 is 8.78 Å². The van der Waals surface area contributed by atoms with Gasteiger partial charge in [-0.05, 0) is 35.2 Å². The van der Waals surface area contributed by atoms with Gasteiger partial charge in [-0.1, -0.05) is 24.3 Å². The van der Waals surface area contributed by atoms with Gasteiger partial charge >= 0.3 is 0 Å². The molecule has 1 fully saturated rings. The third kappa shape index (κ3) is 5.86. The molecule has 4 aromatic rings. The molecule has 1 aliphatic heterocycles. The fraction of sp³-hybridized carbons (Fsp3) is 0.286. The maximum absolute atomic E-state index is 13.5. The number of nitrogens with one attached hydrogen (secondary N) is 1. The number of aliphatic imine (C=N–C) groups is 1. The molecule has 3 aromatic heterocycles. The Morgan fingerprint density at radius 3 is 2.71 bits per heavy atom. The van der Waals surface area contributed by atoms with Crippen molar-refractivity contribution in [2.24, 2.45) is 10.7 Å². The molecule has 10 heteroatoms. The van der Waals surface area contributed by atoms with Crippen LogP contribution in [0.5, 0.6) is 0 Å². The summed E-state index contributed by atoms with van der Waals surface area (Å²) in [5.41, 5.74) is 12.1. The summed E-state index contributed by atoms with van der Waals surface area (Å²) >= 11 is 0. The van der Waals surface area contributed by atoms with Crippen molar-refractivity contribution in [2.45, 2.75) is 25.3 Å². The molecule has 196 valence electrons. The molecule has 3 N–H and O–H groups in total. The third-order valence-electron chi connectivity index (χ3n) is 6.68. The molecule has 1 aromatic carbocycles. The van der Waals surface area contributed by atoms with E-state index in [0.29, 0.717) is 31.9 Å². The van der Waals surface area contributed by atoms with E-state index in [-0.39, 0.29) is 13.0 Å². The number of anilines is 1. The van der Waals surface area contributed by atoms with E-state index in [1.54, 1.807) is 25.7 Å². The minimum atomic E-state index is -2.56. The number of hydrogen-bond donors (Lipinski definition) is 2. The van der Waals surface area contributed by atoms with Crippen LogP contribution < -0.4 is 11.1 Å². The summed E-state index contributed by atoms with van der Waals surface area (Å²) in [5, 5.41) is 3.35. The van der Waals surface area contributed by atoms with E-state index in [4.69, 9.17) is 5.73 Å². The van der Waals surface area contributed by atoms with E-state index >= 15 is 0 Å². The number of likely N-dealkylation sites (tertiary alicyclic amines) is 1. The van der Waals surface area contributed by atoms with E-state index in [1.807, 2.05) is 58.0 Å². The Labute approximate surface area is 220 Å². The molecule has 0 saturated carbocycles.